The largest absolute Gasteiger partial charge is 0.411 e. The van der Waals surface area contributed by atoms with Gasteiger partial charge in [-0.05, 0) is 25.3 Å². The third-order valence-corrected chi connectivity index (χ3v) is 3.03. The van der Waals surface area contributed by atoms with Crippen molar-refractivity contribution in [2.24, 2.45) is 5.92 Å². The number of hydrogen-bond acceptors (Lipinski definition) is 3. The number of alkyl halides is 3. The molecule has 1 aliphatic heterocycles. The molecular formula is C11H20F3NO2. The van der Waals surface area contributed by atoms with Crippen molar-refractivity contribution in [1.82, 2.24) is 4.90 Å². The van der Waals surface area contributed by atoms with E-state index < -0.39 is 12.8 Å². The summed E-state index contributed by atoms with van der Waals surface area (Å²) in [5.41, 5.74) is 0. The van der Waals surface area contributed by atoms with Crippen LogP contribution in [0, 0.1) is 5.92 Å². The van der Waals surface area contributed by atoms with Gasteiger partial charge in [-0.1, -0.05) is 6.92 Å². The summed E-state index contributed by atoms with van der Waals surface area (Å²) in [7, 11) is 0. The molecule has 6 heteroatoms. The third kappa shape index (κ3) is 6.24. The Morgan fingerprint density at radius 2 is 2.12 bits per heavy atom. The second-order valence-electron chi connectivity index (χ2n) is 4.66. The van der Waals surface area contributed by atoms with E-state index in [1.165, 1.54) is 0 Å². The van der Waals surface area contributed by atoms with Crippen LogP contribution < -0.4 is 0 Å². The number of aliphatic hydroxyl groups excluding tert-OH is 1. The number of halogens is 3. The van der Waals surface area contributed by atoms with Gasteiger partial charge in [-0.25, -0.2) is 0 Å². The second kappa shape index (κ2) is 6.56. The van der Waals surface area contributed by atoms with Gasteiger partial charge >= 0.3 is 6.18 Å². The van der Waals surface area contributed by atoms with Crippen molar-refractivity contribution in [3.8, 4) is 0 Å². The van der Waals surface area contributed by atoms with Gasteiger partial charge in [0, 0.05) is 19.7 Å². The van der Waals surface area contributed by atoms with E-state index in [1.807, 2.05) is 6.92 Å². The van der Waals surface area contributed by atoms with Crippen LogP contribution in [0.3, 0.4) is 0 Å². The average Bonchev–Trinajstić information content (AvgIpc) is 2.21. The Labute approximate surface area is 99.5 Å². The molecule has 1 rings (SSSR count). The van der Waals surface area contributed by atoms with Crippen molar-refractivity contribution in [3.05, 3.63) is 0 Å². The fourth-order valence-electron chi connectivity index (χ4n) is 1.90. The molecule has 0 aromatic rings. The molecule has 0 bridgehead atoms. The van der Waals surface area contributed by atoms with Gasteiger partial charge in [0.2, 0.25) is 0 Å². The second-order valence-corrected chi connectivity index (χ2v) is 4.66. The van der Waals surface area contributed by atoms with Gasteiger partial charge in [0.25, 0.3) is 0 Å². The highest BCUT2D eigenvalue weighted by atomic mass is 19.4. The molecule has 3 nitrogen and oxygen atoms in total. The first-order chi connectivity index (χ1) is 7.88. The van der Waals surface area contributed by atoms with Gasteiger partial charge in [0.15, 0.2) is 0 Å². The lowest BCUT2D eigenvalue weighted by atomic mass is 9.96. The number of piperidine rings is 1. The molecule has 0 spiro atoms. The quantitative estimate of drug-likeness (QED) is 0.758. The van der Waals surface area contributed by atoms with Crippen LogP contribution in [0.2, 0.25) is 0 Å². The first-order valence-corrected chi connectivity index (χ1v) is 5.93. The Hall–Kier alpha value is -0.330. The van der Waals surface area contributed by atoms with Crippen molar-refractivity contribution in [3.63, 3.8) is 0 Å². The lowest BCUT2D eigenvalue weighted by molar-refractivity contribution is -0.174. The topological polar surface area (TPSA) is 32.7 Å². The Balaban J connectivity index is 2.04. The van der Waals surface area contributed by atoms with Gasteiger partial charge < -0.3 is 14.7 Å². The molecule has 0 saturated carbocycles. The molecule has 0 aliphatic carbocycles. The van der Waals surface area contributed by atoms with E-state index in [0.29, 0.717) is 25.4 Å². The Morgan fingerprint density at radius 1 is 1.41 bits per heavy atom. The van der Waals surface area contributed by atoms with Gasteiger partial charge in [0.05, 0.1) is 6.10 Å². The molecule has 0 amide bonds. The summed E-state index contributed by atoms with van der Waals surface area (Å²) in [5, 5.41) is 9.64. The maximum absolute atomic E-state index is 11.8. The van der Waals surface area contributed by atoms with Crippen molar-refractivity contribution in [2.75, 3.05) is 32.8 Å². The minimum absolute atomic E-state index is 0.113. The Kier molecular flexibility index (Phi) is 5.69. The predicted octanol–water partition coefficient (Wildman–Crippen LogP) is 1.66. The van der Waals surface area contributed by atoms with Crippen LogP contribution in [0.5, 0.6) is 0 Å². The van der Waals surface area contributed by atoms with Gasteiger partial charge in [0.1, 0.15) is 6.61 Å². The number of ether oxygens (including phenoxy) is 1. The molecule has 2 atom stereocenters. The monoisotopic (exact) mass is 255 g/mol. The lowest BCUT2D eigenvalue weighted by Gasteiger charge is -2.34. The van der Waals surface area contributed by atoms with Crippen LogP contribution in [0.25, 0.3) is 0 Å². The molecule has 2 unspecified atom stereocenters. The summed E-state index contributed by atoms with van der Waals surface area (Å²) in [6.45, 7) is 3.14. The SMILES string of the molecule is CC1CCN(CCCOCC(F)(F)F)CC1O. The number of likely N-dealkylation sites (tertiary alicyclic amines) is 1. The zero-order valence-electron chi connectivity index (χ0n) is 10.0. The fraction of sp³-hybridized carbons (Fsp3) is 1.00. The van der Waals surface area contributed by atoms with Crippen LogP contribution in [0.15, 0.2) is 0 Å². The van der Waals surface area contributed by atoms with Gasteiger partial charge in [-0.15, -0.1) is 0 Å². The number of hydrogen-bond donors (Lipinski definition) is 1. The minimum Gasteiger partial charge on any atom is -0.392 e. The van der Waals surface area contributed by atoms with Crippen LogP contribution >= 0.6 is 0 Å². The zero-order chi connectivity index (χ0) is 12.9. The van der Waals surface area contributed by atoms with Crippen molar-refractivity contribution >= 4 is 0 Å². The van der Waals surface area contributed by atoms with Gasteiger partial charge in [-0.3, -0.25) is 0 Å². The summed E-state index contributed by atoms with van der Waals surface area (Å²) in [5.74, 6) is 0.313. The molecule has 0 radical (unpaired) electrons. The molecule has 1 fully saturated rings. The summed E-state index contributed by atoms with van der Waals surface area (Å²) in [4.78, 5) is 2.07. The maximum Gasteiger partial charge on any atom is 0.411 e. The van der Waals surface area contributed by atoms with E-state index in [-0.39, 0.29) is 12.7 Å². The number of aliphatic hydroxyl groups is 1. The number of β-amino-alcohol motifs (C(OH)–C–C–N with tert-alkyl or cyclic N) is 1. The highest BCUT2D eigenvalue weighted by molar-refractivity contribution is 4.76. The molecular weight excluding hydrogens is 235 g/mol. The van der Waals surface area contributed by atoms with Crippen molar-refractivity contribution in [1.29, 1.82) is 0 Å². The van der Waals surface area contributed by atoms with Crippen LogP contribution in [0.1, 0.15) is 19.8 Å². The average molecular weight is 255 g/mol. The van der Waals surface area contributed by atoms with E-state index in [1.54, 1.807) is 0 Å². The van der Waals surface area contributed by atoms with Crippen LogP contribution in [0.4, 0.5) is 13.2 Å². The van der Waals surface area contributed by atoms with E-state index in [2.05, 4.69) is 9.64 Å². The fourth-order valence-corrected chi connectivity index (χ4v) is 1.90. The number of nitrogens with zero attached hydrogens (tertiary/aromatic N) is 1. The van der Waals surface area contributed by atoms with Crippen LogP contribution in [-0.2, 0) is 4.74 Å². The van der Waals surface area contributed by atoms with Crippen molar-refractivity contribution in [2.45, 2.75) is 32.0 Å². The normalized spacial score (nSPS) is 27.4. The first-order valence-electron chi connectivity index (χ1n) is 5.93. The highest BCUT2D eigenvalue weighted by Gasteiger charge is 2.27. The van der Waals surface area contributed by atoms with E-state index in [4.69, 9.17) is 0 Å². The summed E-state index contributed by atoms with van der Waals surface area (Å²) >= 11 is 0. The van der Waals surface area contributed by atoms with E-state index in [9.17, 15) is 18.3 Å². The zero-order valence-corrected chi connectivity index (χ0v) is 10.0. The molecule has 102 valence electrons. The molecule has 1 N–H and O–H groups in total. The summed E-state index contributed by atoms with van der Waals surface area (Å²) in [6, 6.07) is 0. The maximum atomic E-state index is 11.8. The first kappa shape index (κ1) is 14.7. The number of rotatable bonds is 5. The minimum atomic E-state index is -4.24. The third-order valence-electron chi connectivity index (χ3n) is 3.03. The van der Waals surface area contributed by atoms with E-state index in [0.717, 1.165) is 13.0 Å². The molecule has 0 aromatic carbocycles. The van der Waals surface area contributed by atoms with Crippen molar-refractivity contribution < 1.29 is 23.0 Å². The molecule has 17 heavy (non-hydrogen) atoms. The van der Waals surface area contributed by atoms with E-state index >= 15 is 0 Å². The molecule has 0 aromatic heterocycles. The Bertz CT molecular complexity index is 223. The highest BCUT2D eigenvalue weighted by Crippen LogP contribution is 2.17. The molecule has 1 aliphatic rings. The summed E-state index contributed by atoms with van der Waals surface area (Å²) in [6.07, 6.45) is -3.06. The van der Waals surface area contributed by atoms with Gasteiger partial charge in [-0.2, -0.15) is 13.2 Å². The molecule has 1 saturated heterocycles. The molecule has 1 heterocycles. The Morgan fingerprint density at radius 3 is 2.71 bits per heavy atom. The standard InChI is InChI=1S/C11H20F3NO2/c1-9-3-5-15(7-10(9)16)4-2-6-17-8-11(12,13)14/h9-10,16H,2-8H2,1H3. The van der Waals surface area contributed by atoms with Crippen LogP contribution in [-0.4, -0.2) is 55.1 Å². The smallest absolute Gasteiger partial charge is 0.392 e. The predicted molar refractivity (Wildman–Crippen MR) is 57.7 cm³/mol. The summed E-state index contributed by atoms with van der Waals surface area (Å²) < 4.78 is 39.8. The lowest BCUT2D eigenvalue weighted by Crippen LogP contribution is -2.43.